The third-order valence-corrected chi connectivity index (χ3v) is 5.54. The van der Waals surface area contributed by atoms with Crippen LogP contribution in [0.15, 0.2) is 46.9 Å². The molecule has 2 aliphatic heterocycles. The van der Waals surface area contributed by atoms with E-state index in [-0.39, 0.29) is 5.91 Å². The molecule has 0 aromatic heterocycles. The van der Waals surface area contributed by atoms with Gasteiger partial charge in [-0.2, -0.15) is 0 Å². The van der Waals surface area contributed by atoms with Crippen molar-refractivity contribution in [2.24, 2.45) is 0 Å². The van der Waals surface area contributed by atoms with Crippen LogP contribution >= 0.6 is 15.9 Å². The van der Waals surface area contributed by atoms with Crippen molar-refractivity contribution in [3.63, 3.8) is 0 Å². The van der Waals surface area contributed by atoms with E-state index in [9.17, 15) is 9.59 Å². The summed E-state index contributed by atoms with van der Waals surface area (Å²) in [5.41, 5.74) is -0.162. The van der Waals surface area contributed by atoms with Gasteiger partial charge in [-0.1, -0.05) is 28.1 Å². The number of hydrogen-bond acceptors (Lipinski definition) is 4. The topological polar surface area (TPSA) is 76.7 Å². The van der Waals surface area contributed by atoms with Gasteiger partial charge >= 0.3 is 6.03 Å². The summed E-state index contributed by atoms with van der Waals surface area (Å²) in [6.07, 6.45) is 0.878. The number of urea groups is 1. The summed E-state index contributed by atoms with van der Waals surface area (Å²) in [6.45, 7) is 1.96. The summed E-state index contributed by atoms with van der Waals surface area (Å²) in [6, 6.07) is 12.8. The predicted octanol–water partition coefficient (Wildman–Crippen LogP) is 3.28. The minimum Gasteiger partial charge on any atom is -0.497 e. The first-order chi connectivity index (χ1) is 12.8. The number of nitrogens with one attached hydrogen (secondary N) is 2. The van der Waals surface area contributed by atoms with Crippen molar-refractivity contribution in [1.82, 2.24) is 10.6 Å². The van der Waals surface area contributed by atoms with E-state index in [4.69, 9.17) is 9.47 Å². The van der Waals surface area contributed by atoms with Gasteiger partial charge in [-0.15, -0.1) is 0 Å². The monoisotopic (exact) mass is 430 g/mol. The van der Waals surface area contributed by atoms with Gasteiger partial charge in [0.2, 0.25) is 0 Å². The third kappa shape index (κ3) is 3.06. The highest BCUT2D eigenvalue weighted by Gasteiger charge is 2.56. The maximum absolute atomic E-state index is 12.8. The Morgan fingerprint density at radius 3 is 2.74 bits per heavy atom. The molecule has 27 heavy (non-hydrogen) atoms. The second-order valence-corrected chi connectivity index (χ2v) is 8.13. The first kappa shape index (κ1) is 17.9. The Kier molecular flexibility index (Phi) is 4.14. The molecule has 2 aliphatic rings. The number of methoxy groups -OCH3 is 1. The van der Waals surface area contributed by atoms with E-state index in [0.717, 1.165) is 15.8 Å². The molecule has 7 heteroatoms. The van der Waals surface area contributed by atoms with Gasteiger partial charge < -0.3 is 14.8 Å². The van der Waals surface area contributed by atoms with E-state index in [1.807, 2.05) is 49.4 Å². The molecule has 0 aliphatic carbocycles. The Balaban J connectivity index is 1.77. The molecule has 1 saturated heterocycles. The van der Waals surface area contributed by atoms with Crippen LogP contribution in [-0.2, 0) is 16.8 Å². The molecule has 4 rings (SSSR count). The van der Waals surface area contributed by atoms with Gasteiger partial charge in [0.05, 0.1) is 7.11 Å². The summed E-state index contributed by atoms with van der Waals surface area (Å²) in [5, 5.41) is 5.22. The molecular weight excluding hydrogens is 412 g/mol. The molecule has 2 heterocycles. The SMILES string of the molecule is COc1cccc(CC2(C)CC3(NC(=O)NC3=O)c3cc(Br)ccc3O2)c1. The van der Waals surface area contributed by atoms with Gasteiger partial charge in [0.15, 0.2) is 5.54 Å². The number of amides is 3. The molecule has 0 saturated carbocycles. The predicted molar refractivity (Wildman–Crippen MR) is 103 cm³/mol. The summed E-state index contributed by atoms with van der Waals surface area (Å²) in [5.74, 6) is 0.997. The molecule has 3 amide bonds. The van der Waals surface area contributed by atoms with E-state index in [2.05, 4.69) is 26.6 Å². The van der Waals surface area contributed by atoms with Crippen LogP contribution in [0.5, 0.6) is 11.5 Å². The zero-order valence-electron chi connectivity index (χ0n) is 15.0. The summed E-state index contributed by atoms with van der Waals surface area (Å²) >= 11 is 3.44. The fourth-order valence-electron chi connectivity index (χ4n) is 4.00. The van der Waals surface area contributed by atoms with Crippen molar-refractivity contribution in [2.75, 3.05) is 7.11 Å². The highest BCUT2D eigenvalue weighted by Crippen LogP contribution is 2.47. The third-order valence-electron chi connectivity index (χ3n) is 5.05. The number of carbonyl (C=O) groups excluding carboxylic acids is 2. The highest BCUT2D eigenvalue weighted by atomic mass is 79.9. The van der Waals surface area contributed by atoms with Crippen molar-refractivity contribution < 1.29 is 19.1 Å². The molecule has 2 unspecified atom stereocenters. The first-order valence-electron chi connectivity index (χ1n) is 8.59. The van der Waals surface area contributed by atoms with Crippen LogP contribution in [0, 0.1) is 0 Å². The fourth-order valence-corrected chi connectivity index (χ4v) is 4.36. The smallest absolute Gasteiger partial charge is 0.322 e. The Morgan fingerprint density at radius 1 is 1.22 bits per heavy atom. The zero-order chi connectivity index (χ0) is 19.2. The molecule has 0 bridgehead atoms. The Hall–Kier alpha value is -2.54. The minimum atomic E-state index is -1.15. The molecule has 0 radical (unpaired) electrons. The summed E-state index contributed by atoms with van der Waals surface area (Å²) < 4.78 is 12.4. The van der Waals surface area contributed by atoms with Gasteiger partial charge in [-0.05, 0) is 42.8 Å². The number of benzene rings is 2. The lowest BCUT2D eigenvalue weighted by Gasteiger charge is -2.44. The normalized spacial score (nSPS) is 26.2. The number of halogens is 1. The molecule has 2 atom stereocenters. The van der Waals surface area contributed by atoms with E-state index in [0.29, 0.717) is 24.2 Å². The molecule has 6 nitrogen and oxygen atoms in total. The van der Waals surface area contributed by atoms with Crippen molar-refractivity contribution in [2.45, 2.75) is 30.9 Å². The molecule has 2 aromatic rings. The molecule has 1 fully saturated rings. The van der Waals surface area contributed by atoms with Gasteiger partial charge in [0.1, 0.15) is 17.1 Å². The van der Waals surface area contributed by atoms with Crippen molar-refractivity contribution in [3.8, 4) is 11.5 Å². The van der Waals surface area contributed by atoms with Crippen LogP contribution in [0.1, 0.15) is 24.5 Å². The van der Waals surface area contributed by atoms with Crippen molar-refractivity contribution >= 4 is 27.9 Å². The van der Waals surface area contributed by atoms with Gasteiger partial charge in [0, 0.05) is 22.9 Å². The Bertz CT molecular complexity index is 947. The molecule has 2 aromatic carbocycles. The second-order valence-electron chi connectivity index (χ2n) is 7.21. The zero-order valence-corrected chi connectivity index (χ0v) is 16.6. The molecule has 2 N–H and O–H groups in total. The largest absolute Gasteiger partial charge is 0.497 e. The lowest BCUT2D eigenvalue weighted by atomic mass is 9.75. The lowest BCUT2D eigenvalue weighted by Crippen LogP contribution is -2.55. The van der Waals surface area contributed by atoms with Gasteiger partial charge in [0.25, 0.3) is 5.91 Å². The van der Waals surface area contributed by atoms with E-state index in [1.165, 1.54) is 0 Å². The van der Waals surface area contributed by atoms with Gasteiger partial charge in [-0.25, -0.2) is 4.79 Å². The lowest BCUT2D eigenvalue weighted by molar-refractivity contribution is -0.127. The fraction of sp³-hybridized carbons (Fsp3) is 0.300. The van der Waals surface area contributed by atoms with Crippen molar-refractivity contribution in [3.05, 3.63) is 58.1 Å². The first-order valence-corrected chi connectivity index (χ1v) is 9.38. The summed E-state index contributed by atoms with van der Waals surface area (Å²) in [4.78, 5) is 24.8. The second kappa shape index (κ2) is 6.27. The van der Waals surface area contributed by atoms with Crippen LogP contribution in [0.3, 0.4) is 0 Å². The van der Waals surface area contributed by atoms with E-state index >= 15 is 0 Å². The van der Waals surface area contributed by atoms with Crippen LogP contribution in [0.25, 0.3) is 0 Å². The van der Waals surface area contributed by atoms with E-state index in [1.54, 1.807) is 7.11 Å². The Labute approximate surface area is 165 Å². The molecule has 140 valence electrons. The van der Waals surface area contributed by atoms with Crippen LogP contribution in [0.2, 0.25) is 0 Å². The molecule has 1 spiro atoms. The number of ether oxygens (including phenoxy) is 2. The minimum absolute atomic E-state index is 0.318. The van der Waals surface area contributed by atoms with E-state index < -0.39 is 17.2 Å². The quantitative estimate of drug-likeness (QED) is 0.732. The number of imide groups is 1. The standard InChI is InChI=1S/C20H19BrN2O4/c1-19(10-12-4-3-5-14(8-12)26-2)11-20(17(24)22-18(25)23-20)15-9-13(21)6-7-16(15)27-19/h3-9H,10-11H2,1-2H3,(H2,22,23,24,25). The van der Waals surface area contributed by atoms with Gasteiger partial charge in [-0.3, -0.25) is 10.1 Å². The average molecular weight is 431 g/mol. The highest BCUT2D eigenvalue weighted by molar-refractivity contribution is 9.10. The van der Waals surface area contributed by atoms with Crippen molar-refractivity contribution in [1.29, 1.82) is 0 Å². The van der Waals surface area contributed by atoms with Crippen LogP contribution in [-0.4, -0.2) is 24.6 Å². The summed E-state index contributed by atoms with van der Waals surface area (Å²) in [7, 11) is 1.62. The Morgan fingerprint density at radius 2 is 2.04 bits per heavy atom. The number of carbonyl (C=O) groups is 2. The van der Waals surface area contributed by atoms with Crippen LogP contribution in [0.4, 0.5) is 4.79 Å². The number of hydrogen-bond donors (Lipinski definition) is 2. The number of fused-ring (bicyclic) bond motifs is 2. The van der Waals surface area contributed by atoms with Crippen LogP contribution < -0.4 is 20.1 Å². The maximum Gasteiger partial charge on any atom is 0.322 e. The molecular formula is C20H19BrN2O4. The number of rotatable bonds is 3. The average Bonchev–Trinajstić information content (AvgIpc) is 2.89. The maximum atomic E-state index is 12.8.